The minimum atomic E-state index is -0.836. The molecule has 5 rings (SSSR count). The molecule has 31 heavy (non-hydrogen) atoms. The second-order valence-corrected chi connectivity index (χ2v) is 7.56. The lowest BCUT2D eigenvalue weighted by Gasteiger charge is -2.20. The molecule has 0 bridgehead atoms. The van der Waals surface area contributed by atoms with Gasteiger partial charge in [-0.15, -0.1) is 5.10 Å². The molecule has 0 spiro atoms. The second-order valence-electron chi connectivity index (χ2n) is 7.56. The van der Waals surface area contributed by atoms with Crippen LogP contribution in [0.5, 0.6) is 5.75 Å². The Kier molecular flexibility index (Phi) is 4.74. The summed E-state index contributed by atoms with van der Waals surface area (Å²) < 4.78 is 11.3. The van der Waals surface area contributed by atoms with Crippen molar-refractivity contribution in [1.29, 1.82) is 0 Å². The molecule has 8 nitrogen and oxygen atoms in total. The van der Waals surface area contributed by atoms with Crippen LogP contribution >= 0.6 is 0 Å². The van der Waals surface area contributed by atoms with Gasteiger partial charge in [0.2, 0.25) is 0 Å². The van der Waals surface area contributed by atoms with Crippen molar-refractivity contribution in [1.82, 2.24) is 5.32 Å². The Morgan fingerprint density at radius 2 is 2.03 bits per heavy atom. The molecule has 2 aliphatic rings. The van der Waals surface area contributed by atoms with Gasteiger partial charge in [0, 0.05) is 31.3 Å². The van der Waals surface area contributed by atoms with Crippen LogP contribution in [-0.4, -0.2) is 42.9 Å². The third-order valence-corrected chi connectivity index (χ3v) is 5.43. The molecule has 3 aromatic rings. The average Bonchev–Trinajstić information content (AvgIpc) is 3.42. The SMILES string of the molecule is CN1C(=O)[C@@H](NC(=O)C2=NN=C(Cc3ccccc3)C2)COc2cc3occc3cc21. The van der Waals surface area contributed by atoms with Gasteiger partial charge in [0.1, 0.15) is 29.7 Å². The van der Waals surface area contributed by atoms with Crippen LogP contribution in [0.25, 0.3) is 11.0 Å². The first-order valence-electron chi connectivity index (χ1n) is 9.97. The molecule has 2 aliphatic heterocycles. The molecule has 0 fully saturated rings. The fourth-order valence-corrected chi connectivity index (χ4v) is 3.75. The highest BCUT2D eigenvalue weighted by atomic mass is 16.5. The van der Waals surface area contributed by atoms with Gasteiger partial charge in [-0.1, -0.05) is 30.3 Å². The molecule has 8 heteroatoms. The van der Waals surface area contributed by atoms with Gasteiger partial charge >= 0.3 is 0 Å². The van der Waals surface area contributed by atoms with E-state index in [1.165, 1.54) is 4.90 Å². The Balaban J connectivity index is 1.25. The van der Waals surface area contributed by atoms with Gasteiger partial charge in [0.25, 0.3) is 11.8 Å². The van der Waals surface area contributed by atoms with Gasteiger partial charge in [0.05, 0.1) is 17.7 Å². The predicted molar refractivity (Wildman–Crippen MR) is 117 cm³/mol. The van der Waals surface area contributed by atoms with Gasteiger partial charge in [-0.25, -0.2) is 0 Å². The maximum absolute atomic E-state index is 13.0. The van der Waals surface area contributed by atoms with Crippen molar-refractivity contribution in [2.24, 2.45) is 10.2 Å². The topological polar surface area (TPSA) is 96.5 Å². The molecule has 2 amide bonds. The van der Waals surface area contributed by atoms with E-state index in [1.807, 2.05) is 42.5 Å². The predicted octanol–water partition coefficient (Wildman–Crippen LogP) is 2.72. The third-order valence-electron chi connectivity index (χ3n) is 5.43. The monoisotopic (exact) mass is 416 g/mol. The van der Waals surface area contributed by atoms with Crippen molar-refractivity contribution in [3.05, 3.63) is 60.4 Å². The molecule has 0 radical (unpaired) electrons. The van der Waals surface area contributed by atoms with Crippen molar-refractivity contribution < 1.29 is 18.7 Å². The lowest BCUT2D eigenvalue weighted by Crippen LogP contribution is -2.51. The highest BCUT2D eigenvalue weighted by Crippen LogP contribution is 2.35. The number of nitrogens with one attached hydrogen (secondary N) is 1. The number of fused-ring (bicyclic) bond motifs is 2. The molecule has 0 unspecified atom stereocenters. The van der Waals surface area contributed by atoms with Gasteiger partial charge in [-0.2, -0.15) is 5.10 Å². The molecule has 1 atom stereocenters. The standard InChI is InChI=1S/C23H20N4O4/c1-27-19-10-15-7-8-30-20(15)12-21(19)31-13-18(23(27)29)24-22(28)17-11-16(25-26-17)9-14-5-3-2-4-6-14/h2-8,10,12,18H,9,11,13H2,1H3,(H,24,28)/t18-/m0/s1. The quantitative estimate of drug-likeness (QED) is 0.707. The molecule has 0 saturated heterocycles. The van der Waals surface area contributed by atoms with E-state index in [-0.39, 0.29) is 12.5 Å². The Bertz CT molecular complexity index is 1230. The van der Waals surface area contributed by atoms with E-state index in [2.05, 4.69) is 15.5 Å². The summed E-state index contributed by atoms with van der Waals surface area (Å²) >= 11 is 0. The second kappa shape index (κ2) is 7.71. The smallest absolute Gasteiger partial charge is 0.268 e. The molecule has 2 aromatic carbocycles. The van der Waals surface area contributed by atoms with Gasteiger partial charge < -0.3 is 19.4 Å². The van der Waals surface area contributed by atoms with Gasteiger partial charge in [0.15, 0.2) is 0 Å². The number of rotatable bonds is 4. The number of nitrogens with zero attached hydrogens (tertiary/aromatic N) is 3. The zero-order chi connectivity index (χ0) is 21.4. The van der Waals surface area contributed by atoms with Crippen LogP contribution in [-0.2, 0) is 16.0 Å². The van der Waals surface area contributed by atoms with Crippen LogP contribution in [0.4, 0.5) is 5.69 Å². The first kappa shape index (κ1) is 19.0. The van der Waals surface area contributed by atoms with E-state index < -0.39 is 11.9 Å². The van der Waals surface area contributed by atoms with Crippen molar-refractivity contribution in [3.63, 3.8) is 0 Å². The first-order chi connectivity index (χ1) is 15.1. The number of hydrogen-bond acceptors (Lipinski definition) is 6. The number of likely N-dealkylation sites (N-methyl/N-ethyl adjacent to an activating group) is 1. The number of hydrogen-bond donors (Lipinski definition) is 1. The first-order valence-corrected chi connectivity index (χ1v) is 9.97. The van der Waals surface area contributed by atoms with Crippen molar-refractivity contribution in [2.45, 2.75) is 18.9 Å². The third kappa shape index (κ3) is 3.68. The maximum atomic E-state index is 13.0. The van der Waals surface area contributed by atoms with Crippen LogP contribution in [0.1, 0.15) is 12.0 Å². The minimum absolute atomic E-state index is 0.0130. The molecular weight excluding hydrogens is 396 g/mol. The fourth-order valence-electron chi connectivity index (χ4n) is 3.75. The fraction of sp³-hybridized carbons (Fsp3) is 0.217. The number of anilines is 1. The normalized spacial score (nSPS) is 18.2. The number of carbonyl (C=O) groups is 2. The number of ether oxygens (including phenoxy) is 1. The molecule has 3 heterocycles. The van der Waals surface area contributed by atoms with E-state index in [0.717, 1.165) is 16.7 Å². The lowest BCUT2D eigenvalue weighted by molar-refractivity contribution is -0.124. The Morgan fingerprint density at radius 3 is 2.87 bits per heavy atom. The summed E-state index contributed by atoms with van der Waals surface area (Å²) in [4.78, 5) is 27.2. The van der Waals surface area contributed by atoms with Crippen LogP contribution < -0.4 is 15.0 Å². The van der Waals surface area contributed by atoms with Gasteiger partial charge in [-0.05, 0) is 17.7 Å². The van der Waals surface area contributed by atoms with E-state index >= 15 is 0 Å². The Hall–Kier alpha value is -3.94. The van der Waals surface area contributed by atoms with Crippen LogP contribution in [0, 0.1) is 0 Å². The summed E-state index contributed by atoms with van der Waals surface area (Å²) in [5.74, 6) is -0.150. The highest BCUT2D eigenvalue weighted by Gasteiger charge is 2.32. The highest BCUT2D eigenvalue weighted by molar-refractivity contribution is 6.43. The van der Waals surface area contributed by atoms with E-state index in [1.54, 1.807) is 19.4 Å². The van der Waals surface area contributed by atoms with Crippen LogP contribution in [0.2, 0.25) is 0 Å². The molecule has 0 aliphatic carbocycles. The number of furan rings is 1. The van der Waals surface area contributed by atoms with Crippen LogP contribution in [0.15, 0.2) is 69.4 Å². The van der Waals surface area contributed by atoms with Crippen molar-refractivity contribution in [2.75, 3.05) is 18.6 Å². The molecule has 0 saturated carbocycles. The number of carbonyl (C=O) groups excluding carboxylic acids is 2. The summed E-state index contributed by atoms with van der Waals surface area (Å²) in [5.41, 5.74) is 3.51. The minimum Gasteiger partial charge on any atom is -0.489 e. The summed E-state index contributed by atoms with van der Waals surface area (Å²) in [7, 11) is 1.66. The summed E-state index contributed by atoms with van der Waals surface area (Å²) in [6.45, 7) is 0.0130. The van der Waals surface area contributed by atoms with Gasteiger partial charge in [-0.3, -0.25) is 9.59 Å². The molecule has 1 aromatic heterocycles. The Labute approximate surface area is 178 Å². The lowest BCUT2D eigenvalue weighted by atomic mass is 10.0. The number of benzene rings is 2. The Morgan fingerprint density at radius 1 is 1.19 bits per heavy atom. The largest absolute Gasteiger partial charge is 0.489 e. The van der Waals surface area contributed by atoms with E-state index in [9.17, 15) is 9.59 Å². The van der Waals surface area contributed by atoms with Crippen molar-refractivity contribution >= 4 is 39.9 Å². The van der Waals surface area contributed by atoms with Crippen LogP contribution in [0.3, 0.4) is 0 Å². The zero-order valence-electron chi connectivity index (χ0n) is 16.9. The van der Waals surface area contributed by atoms with E-state index in [0.29, 0.717) is 35.6 Å². The van der Waals surface area contributed by atoms with E-state index in [4.69, 9.17) is 9.15 Å². The summed E-state index contributed by atoms with van der Waals surface area (Å²) in [6.07, 6.45) is 2.58. The average molecular weight is 416 g/mol. The number of amides is 2. The molecular formula is C23H20N4O4. The summed E-state index contributed by atoms with van der Waals surface area (Å²) in [6, 6.07) is 14.5. The maximum Gasteiger partial charge on any atom is 0.268 e. The van der Waals surface area contributed by atoms with Crippen molar-refractivity contribution in [3.8, 4) is 5.75 Å². The zero-order valence-corrected chi connectivity index (χ0v) is 16.9. The summed E-state index contributed by atoms with van der Waals surface area (Å²) in [5, 5.41) is 11.8. The molecule has 1 N–H and O–H groups in total. The molecule has 156 valence electrons.